The average Bonchev–Trinajstić information content (AvgIpc) is 3.31. The van der Waals surface area contributed by atoms with Gasteiger partial charge in [-0.15, -0.1) is 13.2 Å². The van der Waals surface area contributed by atoms with Crippen LogP contribution >= 0.6 is 0 Å². The summed E-state index contributed by atoms with van der Waals surface area (Å²) >= 11 is 0. The van der Waals surface area contributed by atoms with Crippen LogP contribution in [-0.2, 0) is 9.47 Å². The third kappa shape index (κ3) is 6.77. The number of aromatic nitrogens is 1. The number of nitrogens with one attached hydrogen (secondary N) is 1. The minimum Gasteiger partial charge on any atom is -0.475 e. The number of hydrogen-bond donors (Lipinski definition) is 2. The van der Waals surface area contributed by atoms with E-state index in [0.29, 0.717) is 43.7 Å². The molecule has 1 atom stereocenters. The lowest BCUT2D eigenvalue weighted by Crippen LogP contribution is -2.36. The van der Waals surface area contributed by atoms with Crippen molar-refractivity contribution in [2.45, 2.75) is 25.8 Å². The molecule has 0 aliphatic carbocycles. The maximum atomic E-state index is 12.7. The van der Waals surface area contributed by atoms with Crippen molar-refractivity contribution < 1.29 is 37.3 Å². The Kier molecular flexibility index (Phi) is 8.17. The molecule has 2 saturated heterocycles. The van der Waals surface area contributed by atoms with Crippen LogP contribution in [0.3, 0.4) is 0 Å². The van der Waals surface area contributed by atoms with E-state index < -0.39 is 18.5 Å². The van der Waals surface area contributed by atoms with E-state index in [1.807, 2.05) is 19.1 Å². The van der Waals surface area contributed by atoms with Gasteiger partial charge in [-0.3, -0.25) is 4.74 Å². The van der Waals surface area contributed by atoms with Crippen molar-refractivity contribution in [1.29, 1.82) is 0 Å². The minimum absolute atomic E-state index is 0.100. The Morgan fingerprint density at radius 1 is 1.22 bits per heavy atom. The van der Waals surface area contributed by atoms with Gasteiger partial charge in [0.1, 0.15) is 12.4 Å². The summed E-state index contributed by atoms with van der Waals surface area (Å²) in [5, 5.41) is 11.9. The zero-order valence-electron chi connectivity index (χ0n) is 19.9. The average molecular weight is 511 g/mol. The molecule has 3 heterocycles. The molecule has 36 heavy (non-hydrogen) atoms. The van der Waals surface area contributed by atoms with E-state index in [9.17, 15) is 23.1 Å². The maximum absolute atomic E-state index is 12.7. The molecule has 2 amide bonds. The molecule has 2 aliphatic rings. The summed E-state index contributed by atoms with van der Waals surface area (Å²) in [4.78, 5) is 20.7. The summed E-state index contributed by atoms with van der Waals surface area (Å²) < 4.78 is 52.6. The van der Waals surface area contributed by atoms with Crippen LogP contribution < -0.4 is 15.0 Å². The van der Waals surface area contributed by atoms with Gasteiger partial charge in [0.25, 0.3) is 0 Å². The topological polar surface area (TPSA) is 96.4 Å². The standard InChI is InChI=1S/C24H29F3N4O5/c1-16-2-3-18(28-23(33)31-5-4-19(15-31)36-24(25,26)27)14-20(16)17-12-21(30-6-9-34-10-7-30)29-22(13-17)35-11-8-32/h2-3,12-14,19,32H,4-11,15H2,1H3,(H,28,33)/t19-/m0/s1. The van der Waals surface area contributed by atoms with Crippen LogP contribution in [0.5, 0.6) is 5.88 Å². The van der Waals surface area contributed by atoms with Gasteiger partial charge in [0, 0.05) is 37.9 Å². The summed E-state index contributed by atoms with van der Waals surface area (Å²) in [6.45, 7) is 4.46. The summed E-state index contributed by atoms with van der Waals surface area (Å²) in [5.41, 5.74) is 3.09. The van der Waals surface area contributed by atoms with E-state index in [1.165, 1.54) is 4.90 Å². The quantitative estimate of drug-likeness (QED) is 0.590. The zero-order valence-corrected chi connectivity index (χ0v) is 19.9. The maximum Gasteiger partial charge on any atom is 0.522 e. The molecule has 12 heteroatoms. The Hall–Kier alpha value is -3.09. The Morgan fingerprint density at radius 3 is 2.72 bits per heavy atom. The molecule has 0 radical (unpaired) electrons. The monoisotopic (exact) mass is 510 g/mol. The molecular weight excluding hydrogens is 481 g/mol. The third-order valence-corrected chi connectivity index (χ3v) is 6.00. The second-order valence-electron chi connectivity index (χ2n) is 8.60. The number of amides is 2. The molecule has 0 saturated carbocycles. The van der Waals surface area contributed by atoms with E-state index in [-0.39, 0.29) is 32.7 Å². The van der Waals surface area contributed by atoms with Gasteiger partial charge in [-0.2, -0.15) is 4.98 Å². The molecule has 196 valence electrons. The van der Waals surface area contributed by atoms with Crippen molar-refractivity contribution in [2.75, 3.05) is 62.8 Å². The van der Waals surface area contributed by atoms with E-state index in [2.05, 4.69) is 19.9 Å². The fourth-order valence-electron chi connectivity index (χ4n) is 4.24. The molecule has 1 aromatic carbocycles. The van der Waals surface area contributed by atoms with Crippen LogP contribution in [0.15, 0.2) is 30.3 Å². The number of hydrogen-bond acceptors (Lipinski definition) is 7. The van der Waals surface area contributed by atoms with E-state index in [1.54, 1.807) is 18.2 Å². The predicted octanol–water partition coefficient (Wildman–Crippen LogP) is 3.41. The fraction of sp³-hybridized carbons (Fsp3) is 0.500. The number of morpholine rings is 1. The molecule has 1 aromatic heterocycles. The molecule has 2 fully saturated rings. The van der Waals surface area contributed by atoms with Crippen LogP contribution in [-0.4, -0.2) is 86.1 Å². The van der Waals surface area contributed by atoms with Gasteiger partial charge in [0.15, 0.2) is 0 Å². The number of aryl methyl sites for hydroxylation is 1. The van der Waals surface area contributed by atoms with Crippen molar-refractivity contribution in [3.63, 3.8) is 0 Å². The number of carbonyl (C=O) groups excluding carboxylic acids is 1. The highest BCUT2D eigenvalue weighted by molar-refractivity contribution is 5.90. The zero-order chi connectivity index (χ0) is 25.7. The van der Waals surface area contributed by atoms with Crippen LogP contribution in [0.2, 0.25) is 0 Å². The SMILES string of the molecule is Cc1ccc(NC(=O)N2CC[C@H](OC(F)(F)F)C2)cc1-c1cc(OCCO)nc(N2CCOCC2)c1. The molecule has 0 unspecified atom stereocenters. The number of aliphatic hydroxyl groups excluding tert-OH is 1. The number of anilines is 2. The highest BCUT2D eigenvalue weighted by atomic mass is 19.4. The number of likely N-dealkylation sites (tertiary alicyclic amines) is 1. The number of halogens is 3. The van der Waals surface area contributed by atoms with Crippen molar-refractivity contribution in [3.8, 4) is 17.0 Å². The molecule has 0 bridgehead atoms. The van der Waals surface area contributed by atoms with Gasteiger partial charge in [0.2, 0.25) is 5.88 Å². The third-order valence-electron chi connectivity index (χ3n) is 6.00. The number of ether oxygens (including phenoxy) is 3. The van der Waals surface area contributed by atoms with Gasteiger partial charge in [-0.1, -0.05) is 6.07 Å². The number of rotatable bonds is 7. The van der Waals surface area contributed by atoms with Gasteiger partial charge in [-0.05, 0) is 48.2 Å². The molecule has 9 nitrogen and oxygen atoms in total. The summed E-state index contributed by atoms with van der Waals surface area (Å²) in [6.07, 6.45) is -5.69. The first-order valence-electron chi connectivity index (χ1n) is 11.7. The number of carbonyl (C=O) groups is 1. The summed E-state index contributed by atoms with van der Waals surface area (Å²) in [7, 11) is 0. The van der Waals surface area contributed by atoms with Crippen LogP contribution in [0.4, 0.5) is 29.5 Å². The Bertz CT molecular complexity index is 1060. The number of urea groups is 1. The summed E-state index contributed by atoms with van der Waals surface area (Å²) in [6, 6.07) is 8.62. The van der Waals surface area contributed by atoms with Crippen molar-refractivity contribution in [2.24, 2.45) is 0 Å². The number of nitrogens with zero attached hydrogens (tertiary/aromatic N) is 3. The number of pyridine rings is 1. The predicted molar refractivity (Wildman–Crippen MR) is 126 cm³/mol. The van der Waals surface area contributed by atoms with Crippen molar-refractivity contribution in [3.05, 3.63) is 35.9 Å². The molecular formula is C24H29F3N4O5. The summed E-state index contributed by atoms with van der Waals surface area (Å²) in [5.74, 6) is 1.08. The van der Waals surface area contributed by atoms with Gasteiger partial charge >= 0.3 is 12.4 Å². The van der Waals surface area contributed by atoms with E-state index in [0.717, 1.165) is 16.7 Å². The molecule has 2 aromatic rings. The second kappa shape index (κ2) is 11.3. The lowest BCUT2D eigenvalue weighted by molar-refractivity contribution is -0.340. The first-order chi connectivity index (χ1) is 17.2. The Labute approximate surface area is 206 Å². The van der Waals surface area contributed by atoms with Crippen molar-refractivity contribution in [1.82, 2.24) is 9.88 Å². The smallest absolute Gasteiger partial charge is 0.475 e. The van der Waals surface area contributed by atoms with Gasteiger partial charge in [-0.25, -0.2) is 4.79 Å². The first kappa shape index (κ1) is 26.0. The van der Waals surface area contributed by atoms with E-state index >= 15 is 0 Å². The molecule has 2 aliphatic heterocycles. The fourth-order valence-corrected chi connectivity index (χ4v) is 4.24. The Morgan fingerprint density at radius 2 is 2.00 bits per heavy atom. The van der Waals surface area contributed by atoms with Crippen LogP contribution in [0.25, 0.3) is 11.1 Å². The number of aliphatic hydroxyl groups is 1. The van der Waals surface area contributed by atoms with Gasteiger partial charge in [0.05, 0.1) is 25.9 Å². The Balaban J connectivity index is 1.53. The molecule has 4 rings (SSSR count). The van der Waals surface area contributed by atoms with E-state index in [4.69, 9.17) is 9.47 Å². The van der Waals surface area contributed by atoms with Crippen LogP contribution in [0, 0.1) is 6.92 Å². The lowest BCUT2D eigenvalue weighted by atomic mass is 10.0. The number of alkyl halides is 3. The first-order valence-corrected chi connectivity index (χ1v) is 11.7. The normalized spacial score (nSPS) is 18.4. The van der Waals surface area contributed by atoms with Crippen LogP contribution in [0.1, 0.15) is 12.0 Å². The molecule has 0 spiro atoms. The highest BCUT2D eigenvalue weighted by Gasteiger charge is 2.37. The van der Waals surface area contributed by atoms with Crippen molar-refractivity contribution >= 4 is 17.5 Å². The largest absolute Gasteiger partial charge is 0.522 e. The number of benzene rings is 1. The second-order valence-corrected chi connectivity index (χ2v) is 8.60. The minimum atomic E-state index is -4.73. The lowest BCUT2D eigenvalue weighted by Gasteiger charge is -2.28. The molecule has 2 N–H and O–H groups in total. The van der Waals surface area contributed by atoms with Gasteiger partial charge < -0.3 is 29.7 Å². The highest BCUT2D eigenvalue weighted by Crippen LogP contribution is 2.32.